The summed E-state index contributed by atoms with van der Waals surface area (Å²) in [5.41, 5.74) is -0.159. The molecule has 7 nitrogen and oxygen atoms in total. The van der Waals surface area contributed by atoms with Crippen LogP contribution in [0.2, 0.25) is 5.02 Å². The summed E-state index contributed by atoms with van der Waals surface area (Å²) >= 11 is 5.94. The predicted molar refractivity (Wildman–Crippen MR) is 84.0 cm³/mol. The molecule has 1 fully saturated rings. The van der Waals surface area contributed by atoms with Crippen LogP contribution in [0.5, 0.6) is 0 Å². The number of piperidine rings is 1. The molecule has 0 aliphatic carbocycles. The molecule has 8 heteroatoms. The van der Waals surface area contributed by atoms with E-state index in [0.29, 0.717) is 24.8 Å². The minimum atomic E-state index is -0.552. The minimum absolute atomic E-state index is 0.109. The lowest BCUT2D eigenvalue weighted by molar-refractivity contribution is -0.385. The molecule has 1 N–H and O–H groups in total. The number of carbonyl (C=O) groups is 1. The Morgan fingerprint density at radius 3 is 3.00 bits per heavy atom. The molecule has 2 heterocycles. The zero-order chi connectivity index (χ0) is 16.1. The maximum absolute atomic E-state index is 12.2. The highest BCUT2D eigenvalue weighted by atomic mass is 35.5. The number of anilines is 1. The number of hydrogen-bond donors (Lipinski definition) is 1. The van der Waals surface area contributed by atoms with Crippen LogP contribution in [0.4, 0.5) is 11.5 Å². The molecule has 1 aromatic rings. The van der Waals surface area contributed by atoms with Gasteiger partial charge in [0.05, 0.1) is 9.95 Å². The van der Waals surface area contributed by atoms with Crippen LogP contribution in [0.25, 0.3) is 0 Å². The molecule has 0 aromatic carbocycles. The molecule has 2 rings (SSSR count). The predicted octanol–water partition coefficient (Wildman–Crippen LogP) is 2.85. The summed E-state index contributed by atoms with van der Waals surface area (Å²) < 4.78 is 0. The van der Waals surface area contributed by atoms with Gasteiger partial charge in [-0.3, -0.25) is 14.9 Å². The highest BCUT2D eigenvalue weighted by Crippen LogP contribution is 2.24. The summed E-state index contributed by atoms with van der Waals surface area (Å²) in [6.07, 6.45) is 4.77. The van der Waals surface area contributed by atoms with Crippen molar-refractivity contribution in [2.75, 3.05) is 18.4 Å². The summed E-state index contributed by atoms with van der Waals surface area (Å²) in [7, 11) is 0. The Hall–Kier alpha value is -1.89. The number of hydrogen-bond acceptors (Lipinski definition) is 5. The van der Waals surface area contributed by atoms with Crippen molar-refractivity contribution in [2.45, 2.75) is 38.6 Å². The van der Waals surface area contributed by atoms with E-state index in [4.69, 9.17) is 11.6 Å². The minimum Gasteiger partial charge on any atom is -0.368 e. The Morgan fingerprint density at radius 2 is 2.36 bits per heavy atom. The van der Waals surface area contributed by atoms with Gasteiger partial charge in [-0.25, -0.2) is 4.98 Å². The second kappa shape index (κ2) is 7.40. The fourth-order valence-corrected chi connectivity index (χ4v) is 2.79. The van der Waals surface area contributed by atoms with Gasteiger partial charge in [-0.1, -0.05) is 11.6 Å². The molecule has 1 atom stereocenters. The average Bonchev–Trinajstić information content (AvgIpc) is 2.49. The molecule has 1 aromatic heterocycles. The van der Waals surface area contributed by atoms with Crippen LogP contribution < -0.4 is 5.32 Å². The number of likely N-dealkylation sites (tertiary alicyclic amines) is 1. The van der Waals surface area contributed by atoms with Crippen LogP contribution in [-0.2, 0) is 4.79 Å². The first-order valence-corrected chi connectivity index (χ1v) is 7.70. The quantitative estimate of drug-likeness (QED) is 0.664. The van der Waals surface area contributed by atoms with Crippen molar-refractivity contribution in [2.24, 2.45) is 0 Å². The molecule has 120 valence electrons. The zero-order valence-corrected chi connectivity index (χ0v) is 13.2. The van der Waals surface area contributed by atoms with Crippen molar-refractivity contribution in [3.8, 4) is 0 Å². The Kier molecular flexibility index (Phi) is 5.54. The second-order valence-corrected chi connectivity index (χ2v) is 5.80. The van der Waals surface area contributed by atoms with E-state index in [-0.39, 0.29) is 16.6 Å². The maximum Gasteiger partial charge on any atom is 0.289 e. The third-order valence-electron chi connectivity index (χ3n) is 3.79. The lowest BCUT2D eigenvalue weighted by Crippen LogP contribution is -2.42. The van der Waals surface area contributed by atoms with E-state index in [2.05, 4.69) is 17.2 Å². The molecule has 0 radical (unpaired) electrons. The first-order valence-electron chi connectivity index (χ1n) is 7.32. The van der Waals surface area contributed by atoms with E-state index in [1.807, 2.05) is 4.90 Å². The summed E-state index contributed by atoms with van der Waals surface area (Å²) in [4.78, 5) is 28.1. The number of amides is 1. The van der Waals surface area contributed by atoms with Crippen molar-refractivity contribution in [1.82, 2.24) is 9.88 Å². The number of aromatic nitrogens is 1. The Morgan fingerprint density at radius 1 is 1.59 bits per heavy atom. The number of nitro groups is 1. The number of rotatable bonds is 5. The summed E-state index contributed by atoms with van der Waals surface area (Å²) in [5, 5.41) is 13.7. The molecule has 1 aliphatic rings. The lowest BCUT2D eigenvalue weighted by Gasteiger charge is -2.33. The number of halogens is 1. The molecule has 1 aliphatic heterocycles. The highest BCUT2D eigenvalue weighted by Gasteiger charge is 2.22. The normalized spacial score (nSPS) is 18.1. The third-order valence-corrected chi connectivity index (χ3v) is 4.08. The molecule has 1 amide bonds. The summed E-state index contributed by atoms with van der Waals surface area (Å²) in [5.74, 6) is 0.462. The molecule has 0 spiro atoms. The van der Waals surface area contributed by atoms with Crippen molar-refractivity contribution in [3.05, 3.63) is 27.4 Å². The number of pyridine rings is 1. The molecule has 0 bridgehead atoms. The number of nitrogens with zero attached hydrogens (tertiary/aromatic N) is 3. The van der Waals surface area contributed by atoms with E-state index in [0.717, 1.165) is 25.6 Å². The lowest BCUT2D eigenvalue weighted by atomic mass is 10.0. The largest absolute Gasteiger partial charge is 0.368 e. The first kappa shape index (κ1) is 16.5. The molecular weight excluding hydrogens is 308 g/mol. The van der Waals surface area contributed by atoms with Gasteiger partial charge in [0.15, 0.2) is 0 Å². The van der Waals surface area contributed by atoms with Gasteiger partial charge >= 0.3 is 0 Å². The Labute approximate surface area is 133 Å². The summed E-state index contributed by atoms with van der Waals surface area (Å²) in [6, 6.07) is 1.54. The van der Waals surface area contributed by atoms with Crippen molar-refractivity contribution in [3.63, 3.8) is 0 Å². The van der Waals surface area contributed by atoms with Gasteiger partial charge < -0.3 is 10.2 Å². The van der Waals surface area contributed by atoms with Gasteiger partial charge in [-0.05, 0) is 26.2 Å². The van der Waals surface area contributed by atoms with E-state index < -0.39 is 4.92 Å². The molecule has 1 unspecified atom stereocenters. The highest BCUT2D eigenvalue weighted by molar-refractivity contribution is 6.33. The monoisotopic (exact) mass is 326 g/mol. The number of carbonyl (C=O) groups excluding carboxylic acids is 1. The van der Waals surface area contributed by atoms with Crippen LogP contribution in [0, 0.1) is 10.1 Å². The zero-order valence-electron chi connectivity index (χ0n) is 12.4. The molecular formula is C14H19ClN4O3. The van der Waals surface area contributed by atoms with Crippen LogP contribution >= 0.6 is 11.6 Å². The first-order chi connectivity index (χ1) is 10.5. The number of nitrogens with one attached hydrogen (secondary N) is 1. The van der Waals surface area contributed by atoms with Gasteiger partial charge in [0.25, 0.3) is 5.69 Å². The van der Waals surface area contributed by atoms with Crippen LogP contribution in [-0.4, -0.2) is 39.8 Å². The van der Waals surface area contributed by atoms with E-state index in [1.54, 1.807) is 0 Å². The molecule has 22 heavy (non-hydrogen) atoms. The van der Waals surface area contributed by atoms with Crippen LogP contribution in [0.3, 0.4) is 0 Å². The standard InChI is InChI=1S/C14H19ClN4O3/c1-10-4-2-3-7-18(10)13(20)5-6-16-14-12(15)8-11(9-17-14)19(21)22/h8-10H,2-7H2,1H3,(H,16,17). The second-order valence-electron chi connectivity index (χ2n) is 5.39. The SMILES string of the molecule is CC1CCCCN1C(=O)CCNc1ncc([N+](=O)[O-])cc1Cl. The van der Waals surface area contributed by atoms with Crippen molar-refractivity contribution < 1.29 is 9.72 Å². The van der Waals surface area contributed by atoms with Crippen molar-refractivity contribution >= 4 is 29.0 Å². The van der Waals surface area contributed by atoms with Gasteiger partial charge in [0.1, 0.15) is 12.0 Å². The average molecular weight is 327 g/mol. The van der Waals surface area contributed by atoms with E-state index >= 15 is 0 Å². The topological polar surface area (TPSA) is 88.4 Å². The smallest absolute Gasteiger partial charge is 0.289 e. The van der Waals surface area contributed by atoms with Gasteiger partial charge in [0.2, 0.25) is 5.91 Å². The fraction of sp³-hybridized carbons (Fsp3) is 0.571. The van der Waals surface area contributed by atoms with E-state index in [1.165, 1.54) is 12.5 Å². The van der Waals surface area contributed by atoms with Crippen LogP contribution in [0.15, 0.2) is 12.3 Å². The van der Waals surface area contributed by atoms with Crippen molar-refractivity contribution in [1.29, 1.82) is 0 Å². The summed E-state index contributed by atoms with van der Waals surface area (Å²) in [6.45, 7) is 3.28. The Bertz CT molecular complexity index is 567. The van der Waals surface area contributed by atoms with Gasteiger partial charge in [0, 0.05) is 31.6 Å². The van der Waals surface area contributed by atoms with Gasteiger partial charge in [-0.2, -0.15) is 0 Å². The van der Waals surface area contributed by atoms with Crippen LogP contribution in [0.1, 0.15) is 32.6 Å². The third kappa shape index (κ3) is 4.07. The molecule has 0 saturated carbocycles. The molecule has 1 saturated heterocycles. The van der Waals surface area contributed by atoms with E-state index in [9.17, 15) is 14.9 Å². The van der Waals surface area contributed by atoms with Gasteiger partial charge in [-0.15, -0.1) is 0 Å². The Balaban J connectivity index is 1.85. The fourth-order valence-electron chi connectivity index (χ4n) is 2.56. The maximum atomic E-state index is 12.2.